The van der Waals surface area contributed by atoms with Crippen LogP contribution in [0.1, 0.15) is 31.7 Å². The summed E-state index contributed by atoms with van der Waals surface area (Å²) >= 11 is 0. The molecule has 0 aromatic heterocycles. The van der Waals surface area contributed by atoms with Crippen LogP contribution in [0.15, 0.2) is 18.2 Å². The van der Waals surface area contributed by atoms with Crippen molar-refractivity contribution in [2.45, 2.75) is 32.6 Å². The van der Waals surface area contributed by atoms with Crippen molar-refractivity contribution in [3.05, 3.63) is 23.8 Å². The van der Waals surface area contributed by atoms with Gasteiger partial charge in [0.2, 0.25) is 11.8 Å². The van der Waals surface area contributed by atoms with Gasteiger partial charge in [0.25, 0.3) is 0 Å². The topological polar surface area (TPSA) is 86.7 Å². The molecule has 0 saturated heterocycles. The largest absolute Gasteiger partial charge is 0.481 e. The van der Waals surface area contributed by atoms with Gasteiger partial charge in [-0.3, -0.25) is 14.4 Å². The van der Waals surface area contributed by atoms with E-state index in [4.69, 9.17) is 5.11 Å². The highest BCUT2D eigenvalue weighted by atomic mass is 16.4. The fourth-order valence-corrected chi connectivity index (χ4v) is 3.49. The van der Waals surface area contributed by atoms with Crippen LogP contribution in [0.3, 0.4) is 0 Å². The van der Waals surface area contributed by atoms with E-state index in [2.05, 4.69) is 5.32 Å². The third-order valence-corrected chi connectivity index (χ3v) is 4.78. The first kappa shape index (κ1) is 15.5. The number of fused-ring (bicyclic) bond motifs is 1. The molecule has 1 fully saturated rings. The molecule has 0 unspecified atom stereocenters. The average molecular weight is 316 g/mol. The van der Waals surface area contributed by atoms with Crippen molar-refractivity contribution >= 4 is 29.2 Å². The first-order valence-corrected chi connectivity index (χ1v) is 7.90. The van der Waals surface area contributed by atoms with Crippen molar-refractivity contribution in [2.24, 2.45) is 11.8 Å². The number of amides is 2. The molecule has 1 aromatic rings. The van der Waals surface area contributed by atoms with E-state index in [1.54, 1.807) is 17.9 Å². The summed E-state index contributed by atoms with van der Waals surface area (Å²) < 4.78 is 0. The van der Waals surface area contributed by atoms with Crippen LogP contribution in [0.2, 0.25) is 0 Å². The molecular formula is C17H20N2O4. The summed E-state index contributed by atoms with van der Waals surface area (Å²) in [4.78, 5) is 36.5. The van der Waals surface area contributed by atoms with Gasteiger partial charge in [0.05, 0.1) is 5.92 Å². The first-order valence-electron chi connectivity index (χ1n) is 7.90. The number of aliphatic carboxylic acids is 1. The zero-order valence-corrected chi connectivity index (χ0v) is 13.0. The van der Waals surface area contributed by atoms with Crippen LogP contribution in [-0.4, -0.2) is 29.4 Å². The summed E-state index contributed by atoms with van der Waals surface area (Å²) in [5, 5.41) is 11.9. The molecule has 1 aliphatic carbocycles. The maximum atomic E-state index is 12.3. The van der Waals surface area contributed by atoms with Gasteiger partial charge in [0.15, 0.2) is 0 Å². The SMILES string of the molecule is CC(=O)N1CCc2cc(NC(=O)[C@@H]3CC[C@H](C(=O)O)C3)ccc21. The summed E-state index contributed by atoms with van der Waals surface area (Å²) in [6.07, 6.45) is 2.37. The molecule has 3 rings (SSSR count). The Morgan fingerprint density at radius 1 is 1.22 bits per heavy atom. The van der Waals surface area contributed by atoms with E-state index in [1.165, 1.54) is 0 Å². The monoisotopic (exact) mass is 316 g/mol. The molecule has 2 atom stereocenters. The number of hydrogen-bond donors (Lipinski definition) is 2. The molecule has 1 aromatic carbocycles. The number of rotatable bonds is 3. The zero-order valence-electron chi connectivity index (χ0n) is 13.0. The third-order valence-electron chi connectivity index (χ3n) is 4.78. The van der Waals surface area contributed by atoms with E-state index in [0.29, 0.717) is 31.5 Å². The van der Waals surface area contributed by atoms with Gasteiger partial charge in [-0.1, -0.05) is 0 Å². The summed E-state index contributed by atoms with van der Waals surface area (Å²) in [6, 6.07) is 5.55. The van der Waals surface area contributed by atoms with Crippen molar-refractivity contribution in [1.29, 1.82) is 0 Å². The lowest BCUT2D eigenvalue weighted by Gasteiger charge is -2.15. The standard InChI is InChI=1S/C17H20N2O4/c1-10(20)19-7-6-11-9-14(4-5-15(11)19)18-16(21)12-2-3-13(8-12)17(22)23/h4-5,9,12-13H,2-3,6-8H2,1H3,(H,18,21)(H,22,23)/t12-,13+/m1/s1. The molecule has 23 heavy (non-hydrogen) atoms. The minimum absolute atomic E-state index is 0.0196. The van der Waals surface area contributed by atoms with E-state index in [0.717, 1.165) is 17.7 Å². The molecule has 1 heterocycles. The highest BCUT2D eigenvalue weighted by Gasteiger charge is 2.34. The molecule has 6 nitrogen and oxygen atoms in total. The van der Waals surface area contributed by atoms with Gasteiger partial charge in [0, 0.05) is 30.8 Å². The van der Waals surface area contributed by atoms with Gasteiger partial charge in [-0.05, 0) is 49.4 Å². The highest BCUT2D eigenvalue weighted by Crippen LogP contribution is 2.33. The van der Waals surface area contributed by atoms with E-state index < -0.39 is 11.9 Å². The minimum atomic E-state index is -0.817. The smallest absolute Gasteiger partial charge is 0.306 e. The fraction of sp³-hybridized carbons (Fsp3) is 0.471. The van der Waals surface area contributed by atoms with E-state index in [1.807, 2.05) is 12.1 Å². The number of carbonyl (C=O) groups excluding carboxylic acids is 2. The predicted molar refractivity (Wildman–Crippen MR) is 85.3 cm³/mol. The fourth-order valence-electron chi connectivity index (χ4n) is 3.49. The van der Waals surface area contributed by atoms with Crippen molar-refractivity contribution in [3.63, 3.8) is 0 Å². The number of carboxylic acid groups (broad SMARTS) is 1. The van der Waals surface area contributed by atoms with Crippen molar-refractivity contribution in [2.75, 3.05) is 16.8 Å². The lowest BCUT2D eigenvalue weighted by molar-refractivity contribution is -0.141. The Kier molecular flexibility index (Phi) is 4.07. The van der Waals surface area contributed by atoms with Crippen LogP contribution < -0.4 is 10.2 Å². The number of nitrogens with one attached hydrogen (secondary N) is 1. The second-order valence-electron chi connectivity index (χ2n) is 6.30. The van der Waals surface area contributed by atoms with Gasteiger partial charge in [0.1, 0.15) is 0 Å². The maximum Gasteiger partial charge on any atom is 0.306 e. The summed E-state index contributed by atoms with van der Waals surface area (Å²) in [7, 11) is 0. The zero-order chi connectivity index (χ0) is 16.6. The van der Waals surface area contributed by atoms with Crippen LogP contribution in [-0.2, 0) is 20.8 Å². The number of carbonyl (C=O) groups is 3. The number of anilines is 2. The van der Waals surface area contributed by atoms with Crippen LogP contribution in [0.5, 0.6) is 0 Å². The van der Waals surface area contributed by atoms with Gasteiger partial charge in [-0.2, -0.15) is 0 Å². The molecular weight excluding hydrogens is 296 g/mol. The molecule has 2 amide bonds. The van der Waals surface area contributed by atoms with Crippen molar-refractivity contribution in [1.82, 2.24) is 0 Å². The number of benzene rings is 1. The lowest BCUT2D eigenvalue weighted by Crippen LogP contribution is -2.25. The van der Waals surface area contributed by atoms with Gasteiger partial charge < -0.3 is 15.3 Å². The third kappa shape index (κ3) is 3.06. The lowest BCUT2D eigenvalue weighted by atomic mass is 10.0. The molecule has 2 N–H and O–H groups in total. The van der Waals surface area contributed by atoms with Crippen LogP contribution >= 0.6 is 0 Å². The van der Waals surface area contributed by atoms with Crippen molar-refractivity contribution in [3.8, 4) is 0 Å². The normalized spacial score (nSPS) is 22.7. The Hall–Kier alpha value is -2.37. The summed E-state index contributed by atoms with van der Waals surface area (Å²) in [6.45, 7) is 2.22. The Labute approximate surface area is 134 Å². The minimum Gasteiger partial charge on any atom is -0.481 e. The molecule has 0 bridgehead atoms. The van der Waals surface area contributed by atoms with Gasteiger partial charge in [-0.15, -0.1) is 0 Å². The molecule has 1 aliphatic heterocycles. The summed E-state index contributed by atoms with van der Waals surface area (Å²) in [5.74, 6) is -1.56. The van der Waals surface area contributed by atoms with Crippen LogP contribution in [0, 0.1) is 11.8 Å². The maximum absolute atomic E-state index is 12.3. The number of carboxylic acids is 1. The quantitative estimate of drug-likeness (QED) is 0.893. The number of nitrogens with zero attached hydrogens (tertiary/aromatic N) is 1. The molecule has 0 spiro atoms. The predicted octanol–water partition coefficient (Wildman–Crippen LogP) is 2.03. The van der Waals surface area contributed by atoms with E-state index in [-0.39, 0.29) is 17.7 Å². The molecule has 0 radical (unpaired) electrons. The van der Waals surface area contributed by atoms with Crippen LogP contribution in [0.25, 0.3) is 0 Å². The van der Waals surface area contributed by atoms with E-state index >= 15 is 0 Å². The average Bonchev–Trinajstić information content (AvgIpc) is 3.13. The Morgan fingerprint density at radius 2 is 1.96 bits per heavy atom. The Balaban J connectivity index is 1.66. The highest BCUT2D eigenvalue weighted by molar-refractivity contribution is 5.96. The summed E-state index contributed by atoms with van der Waals surface area (Å²) in [5.41, 5.74) is 2.66. The van der Waals surface area contributed by atoms with Crippen molar-refractivity contribution < 1.29 is 19.5 Å². The molecule has 6 heteroatoms. The first-order chi connectivity index (χ1) is 11.0. The molecule has 2 aliphatic rings. The Bertz CT molecular complexity index is 671. The second-order valence-corrected chi connectivity index (χ2v) is 6.30. The Morgan fingerprint density at radius 3 is 2.61 bits per heavy atom. The van der Waals surface area contributed by atoms with Crippen LogP contribution in [0.4, 0.5) is 11.4 Å². The number of hydrogen-bond acceptors (Lipinski definition) is 3. The van der Waals surface area contributed by atoms with Gasteiger partial charge in [-0.25, -0.2) is 0 Å². The molecule has 1 saturated carbocycles. The molecule has 122 valence electrons. The van der Waals surface area contributed by atoms with Gasteiger partial charge >= 0.3 is 5.97 Å². The second kappa shape index (κ2) is 6.02. The van der Waals surface area contributed by atoms with E-state index in [9.17, 15) is 14.4 Å².